The van der Waals surface area contributed by atoms with Gasteiger partial charge in [-0.05, 0) is 30.6 Å². The highest BCUT2D eigenvalue weighted by atomic mass is 32.2. The summed E-state index contributed by atoms with van der Waals surface area (Å²) in [7, 11) is 0. The number of furan rings is 1. The molecule has 0 unspecified atom stereocenters. The van der Waals surface area contributed by atoms with Crippen LogP contribution in [0.4, 0.5) is 0 Å². The molecule has 0 atom stereocenters. The predicted molar refractivity (Wildman–Crippen MR) is 72.9 cm³/mol. The van der Waals surface area contributed by atoms with E-state index in [1.165, 1.54) is 11.5 Å². The molecule has 0 fully saturated rings. The van der Waals surface area contributed by atoms with Crippen LogP contribution in [0.15, 0.2) is 33.3 Å². The van der Waals surface area contributed by atoms with Crippen LogP contribution in [0.3, 0.4) is 0 Å². The molecule has 98 valence electrons. The van der Waals surface area contributed by atoms with Crippen molar-refractivity contribution in [3.63, 3.8) is 0 Å². The van der Waals surface area contributed by atoms with Gasteiger partial charge in [-0.3, -0.25) is 4.57 Å². The van der Waals surface area contributed by atoms with Crippen molar-refractivity contribution in [2.45, 2.75) is 24.4 Å². The molecule has 0 aromatic carbocycles. The fourth-order valence-corrected chi connectivity index (χ4v) is 3.10. The van der Waals surface area contributed by atoms with Crippen LogP contribution < -0.4 is 0 Å². The lowest BCUT2D eigenvalue weighted by Gasteiger charge is -2.04. The standard InChI is InChI=1S/C11H11N5OS2/c1-2-16-10(9-4-3-5-17-9)13-14-11(16)18-6-8-7-19-15-12-8/h3-5,7H,2,6H2,1H3. The van der Waals surface area contributed by atoms with Gasteiger partial charge in [0.05, 0.1) is 12.0 Å². The Kier molecular flexibility index (Phi) is 3.60. The number of hydrogen-bond acceptors (Lipinski definition) is 7. The molecule has 6 nitrogen and oxygen atoms in total. The molecule has 0 saturated heterocycles. The van der Waals surface area contributed by atoms with Crippen LogP contribution in [0, 0.1) is 0 Å². The molecule has 3 rings (SSSR count). The van der Waals surface area contributed by atoms with Gasteiger partial charge in [0.1, 0.15) is 0 Å². The second-order valence-electron chi connectivity index (χ2n) is 3.71. The van der Waals surface area contributed by atoms with Crippen molar-refractivity contribution in [1.29, 1.82) is 0 Å². The quantitative estimate of drug-likeness (QED) is 0.674. The summed E-state index contributed by atoms with van der Waals surface area (Å²) >= 11 is 2.95. The van der Waals surface area contributed by atoms with E-state index in [1.54, 1.807) is 18.0 Å². The van der Waals surface area contributed by atoms with E-state index < -0.39 is 0 Å². The van der Waals surface area contributed by atoms with Gasteiger partial charge < -0.3 is 4.42 Å². The second kappa shape index (κ2) is 5.54. The third kappa shape index (κ3) is 2.54. The monoisotopic (exact) mass is 293 g/mol. The molecular formula is C11H11N5OS2. The summed E-state index contributed by atoms with van der Waals surface area (Å²) in [5.41, 5.74) is 0.959. The molecule has 8 heteroatoms. The van der Waals surface area contributed by atoms with Crippen LogP contribution >= 0.6 is 23.3 Å². The van der Waals surface area contributed by atoms with Gasteiger partial charge in [-0.15, -0.1) is 15.3 Å². The molecule has 0 aliphatic carbocycles. The van der Waals surface area contributed by atoms with Crippen molar-refractivity contribution in [3.05, 3.63) is 29.5 Å². The van der Waals surface area contributed by atoms with Gasteiger partial charge in [-0.25, -0.2) is 0 Å². The minimum absolute atomic E-state index is 0.733. The van der Waals surface area contributed by atoms with Gasteiger partial charge in [0, 0.05) is 17.7 Å². The van der Waals surface area contributed by atoms with Crippen molar-refractivity contribution in [2.24, 2.45) is 0 Å². The van der Waals surface area contributed by atoms with Crippen molar-refractivity contribution >= 4 is 23.3 Å². The van der Waals surface area contributed by atoms with E-state index in [0.717, 1.165) is 34.7 Å². The molecule has 0 radical (unpaired) electrons. The molecule has 3 aromatic rings. The first-order chi connectivity index (χ1) is 9.38. The maximum Gasteiger partial charge on any atom is 0.200 e. The molecule has 0 aliphatic rings. The maximum atomic E-state index is 5.37. The highest BCUT2D eigenvalue weighted by Crippen LogP contribution is 2.26. The summed E-state index contributed by atoms with van der Waals surface area (Å²) in [6, 6.07) is 3.73. The highest BCUT2D eigenvalue weighted by Gasteiger charge is 2.15. The lowest BCUT2D eigenvalue weighted by Crippen LogP contribution is -1.99. The van der Waals surface area contributed by atoms with Crippen molar-refractivity contribution in [2.75, 3.05) is 0 Å². The fourth-order valence-electron chi connectivity index (χ4n) is 1.65. The molecule has 3 heterocycles. The van der Waals surface area contributed by atoms with Gasteiger partial charge >= 0.3 is 0 Å². The average molecular weight is 293 g/mol. The van der Waals surface area contributed by atoms with Crippen LogP contribution in [-0.2, 0) is 12.3 Å². The first-order valence-corrected chi connectivity index (χ1v) is 7.56. The summed E-state index contributed by atoms with van der Waals surface area (Å²) in [6.07, 6.45) is 1.64. The zero-order chi connectivity index (χ0) is 13.1. The van der Waals surface area contributed by atoms with E-state index in [1.807, 2.05) is 22.1 Å². The predicted octanol–water partition coefficient (Wildman–Crippen LogP) is 2.70. The Morgan fingerprint density at radius 3 is 3.00 bits per heavy atom. The third-order valence-electron chi connectivity index (χ3n) is 2.53. The van der Waals surface area contributed by atoms with E-state index in [0.29, 0.717) is 0 Å². The van der Waals surface area contributed by atoms with Crippen LogP contribution in [0.5, 0.6) is 0 Å². The first-order valence-electron chi connectivity index (χ1n) is 5.74. The Hall–Kier alpha value is -1.67. The maximum absolute atomic E-state index is 5.37. The Balaban J connectivity index is 1.82. The van der Waals surface area contributed by atoms with E-state index in [4.69, 9.17) is 4.42 Å². The van der Waals surface area contributed by atoms with E-state index >= 15 is 0 Å². The van der Waals surface area contributed by atoms with Crippen LogP contribution in [-0.4, -0.2) is 24.4 Å². The van der Waals surface area contributed by atoms with Gasteiger partial charge in [-0.1, -0.05) is 16.3 Å². The summed E-state index contributed by atoms with van der Waals surface area (Å²) in [4.78, 5) is 0. The molecule has 0 bridgehead atoms. The lowest BCUT2D eigenvalue weighted by molar-refractivity contribution is 0.567. The summed E-state index contributed by atoms with van der Waals surface area (Å²) < 4.78 is 11.2. The largest absolute Gasteiger partial charge is 0.461 e. The number of aromatic nitrogens is 5. The van der Waals surface area contributed by atoms with E-state index in [9.17, 15) is 0 Å². The van der Waals surface area contributed by atoms with Crippen molar-refractivity contribution in [1.82, 2.24) is 24.4 Å². The summed E-state index contributed by atoms with van der Waals surface area (Å²) in [6.45, 7) is 2.85. The van der Waals surface area contributed by atoms with E-state index in [2.05, 4.69) is 26.7 Å². The van der Waals surface area contributed by atoms with Crippen LogP contribution in [0.1, 0.15) is 12.6 Å². The number of nitrogens with zero attached hydrogens (tertiary/aromatic N) is 5. The zero-order valence-corrected chi connectivity index (χ0v) is 11.8. The first kappa shape index (κ1) is 12.4. The highest BCUT2D eigenvalue weighted by molar-refractivity contribution is 7.98. The van der Waals surface area contributed by atoms with E-state index in [-0.39, 0.29) is 0 Å². The minimum atomic E-state index is 0.733. The summed E-state index contributed by atoms with van der Waals surface area (Å²) in [5, 5.41) is 15.2. The molecule has 0 aliphatic heterocycles. The van der Waals surface area contributed by atoms with Crippen LogP contribution in [0.2, 0.25) is 0 Å². The van der Waals surface area contributed by atoms with Crippen LogP contribution in [0.25, 0.3) is 11.6 Å². The topological polar surface area (TPSA) is 69.6 Å². The number of rotatable bonds is 5. The SMILES string of the molecule is CCn1c(SCc2csnn2)nnc1-c1ccco1. The minimum Gasteiger partial charge on any atom is -0.461 e. The third-order valence-corrected chi connectivity index (χ3v) is 4.08. The Morgan fingerprint density at radius 2 is 2.32 bits per heavy atom. The lowest BCUT2D eigenvalue weighted by atomic mass is 10.4. The molecule has 3 aromatic heterocycles. The van der Waals surface area contributed by atoms with Crippen molar-refractivity contribution in [3.8, 4) is 11.6 Å². The zero-order valence-electron chi connectivity index (χ0n) is 10.2. The number of hydrogen-bond donors (Lipinski definition) is 0. The molecule has 0 saturated carbocycles. The fraction of sp³-hybridized carbons (Fsp3) is 0.273. The normalized spacial score (nSPS) is 11.0. The number of thioether (sulfide) groups is 1. The van der Waals surface area contributed by atoms with Gasteiger partial charge in [-0.2, -0.15) is 0 Å². The van der Waals surface area contributed by atoms with Gasteiger partial charge in [0.2, 0.25) is 0 Å². The van der Waals surface area contributed by atoms with Gasteiger partial charge in [0.25, 0.3) is 0 Å². The molecule has 19 heavy (non-hydrogen) atoms. The van der Waals surface area contributed by atoms with Gasteiger partial charge in [0.15, 0.2) is 16.7 Å². The molecule has 0 N–H and O–H groups in total. The molecule has 0 amide bonds. The Morgan fingerprint density at radius 1 is 1.37 bits per heavy atom. The Bertz CT molecular complexity index is 632. The Labute approximate surface area is 118 Å². The summed E-state index contributed by atoms with van der Waals surface area (Å²) in [5.74, 6) is 2.23. The second-order valence-corrected chi connectivity index (χ2v) is 5.26. The average Bonchev–Trinajstić information content (AvgIpc) is 3.16. The smallest absolute Gasteiger partial charge is 0.200 e. The molecular weight excluding hydrogens is 282 g/mol. The van der Waals surface area contributed by atoms with Crippen molar-refractivity contribution < 1.29 is 4.42 Å². The molecule has 0 spiro atoms.